The summed E-state index contributed by atoms with van der Waals surface area (Å²) in [7, 11) is 0. The van der Waals surface area contributed by atoms with E-state index < -0.39 is 23.9 Å². The van der Waals surface area contributed by atoms with Crippen LogP contribution in [0.25, 0.3) is 0 Å². The first kappa shape index (κ1) is 43.5. The van der Waals surface area contributed by atoms with Crippen molar-refractivity contribution in [3.63, 3.8) is 0 Å². The Morgan fingerprint density at radius 1 is 0.529 bits per heavy atom. The van der Waals surface area contributed by atoms with Crippen LogP contribution in [0.15, 0.2) is 72.8 Å². The number of hydrogen-bond acceptors (Lipinski definition) is 10. The number of benzene rings is 2. The highest BCUT2D eigenvalue weighted by Crippen LogP contribution is 2.34. The topological polar surface area (TPSA) is 108 Å². The highest BCUT2D eigenvalue weighted by molar-refractivity contribution is 5.87. The Bertz CT molecular complexity index is 1240. The second kappa shape index (κ2) is 21.6. The molecule has 0 spiro atoms. The van der Waals surface area contributed by atoms with E-state index in [1.54, 1.807) is 13.8 Å². The molecule has 2 aromatic rings. The van der Waals surface area contributed by atoms with Crippen molar-refractivity contribution < 1.29 is 47.5 Å². The second-order valence-electron chi connectivity index (χ2n) is 13.0. The summed E-state index contributed by atoms with van der Waals surface area (Å²) in [6.45, 7) is 24.6. The fourth-order valence-corrected chi connectivity index (χ4v) is 4.77. The molecular weight excluding hydrogens is 652 g/mol. The summed E-state index contributed by atoms with van der Waals surface area (Å²) in [4.78, 5) is 24.9. The molecule has 0 aromatic heterocycles. The SMILES string of the molecule is C=C(C)C(=O)OC(CCOc1ccc(C(C)(C)c2ccc(OCCC(OCCC)(OCCC)OC(=O)C(=C)C)cc2)cc1)(OCCC)OCCC. The fourth-order valence-electron chi connectivity index (χ4n) is 4.77. The summed E-state index contributed by atoms with van der Waals surface area (Å²) in [5.74, 6) is -2.92. The highest BCUT2D eigenvalue weighted by atomic mass is 16.9. The molecule has 2 rings (SSSR count). The van der Waals surface area contributed by atoms with Gasteiger partial charge in [0.1, 0.15) is 11.5 Å². The van der Waals surface area contributed by atoms with Gasteiger partial charge in [0, 0.05) is 16.6 Å². The van der Waals surface area contributed by atoms with Gasteiger partial charge in [-0.05, 0) is 74.9 Å². The quantitative estimate of drug-likeness (QED) is 0.0534. The minimum Gasteiger partial charge on any atom is -0.493 e. The molecule has 284 valence electrons. The molecule has 0 heterocycles. The van der Waals surface area contributed by atoms with Crippen molar-refractivity contribution in [1.82, 2.24) is 0 Å². The normalized spacial score (nSPS) is 11.9. The first-order valence-corrected chi connectivity index (χ1v) is 18.1. The van der Waals surface area contributed by atoms with Gasteiger partial charge in [0.15, 0.2) is 0 Å². The summed E-state index contributed by atoms with van der Waals surface area (Å²) < 4.78 is 47.1. The van der Waals surface area contributed by atoms with Crippen LogP contribution in [0.4, 0.5) is 0 Å². The zero-order valence-corrected chi connectivity index (χ0v) is 32.1. The fraction of sp³-hybridized carbons (Fsp3) is 0.561. The third-order valence-electron chi connectivity index (χ3n) is 7.80. The molecule has 0 N–H and O–H groups in total. The van der Waals surface area contributed by atoms with Crippen LogP contribution in [0.3, 0.4) is 0 Å². The van der Waals surface area contributed by atoms with Gasteiger partial charge in [0.25, 0.3) is 0 Å². The Kier molecular flexibility index (Phi) is 18.4. The predicted octanol–water partition coefficient (Wildman–Crippen LogP) is 8.80. The van der Waals surface area contributed by atoms with Crippen LogP contribution < -0.4 is 9.47 Å². The molecule has 0 aliphatic rings. The molecule has 0 unspecified atom stereocenters. The Hall–Kier alpha value is -3.70. The molecule has 0 bridgehead atoms. The van der Waals surface area contributed by atoms with Crippen molar-refractivity contribution in [1.29, 1.82) is 0 Å². The number of rotatable bonds is 26. The van der Waals surface area contributed by atoms with E-state index in [1.807, 2.05) is 76.2 Å². The van der Waals surface area contributed by atoms with Crippen LogP contribution >= 0.6 is 0 Å². The van der Waals surface area contributed by atoms with Crippen LogP contribution in [0.1, 0.15) is 105 Å². The van der Waals surface area contributed by atoms with Gasteiger partial charge >= 0.3 is 23.9 Å². The van der Waals surface area contributed by atoms with E-state index in [0.29, 0.717) is 37.9 Å². The van der Waals surface area contributed by atoms with Crippen molar-refractivity contribution in [3.8, 4) is 11.5 Å². The maximum atomic E-state index is 12.4. The lowest BCUT2D eigenvalue weighted by molar-refractivity contribution is -0.366. The van der Waals surface area contributed by atoms with Crippen LogP contribution in [0.5, 0.6) is 11.5 Å². The minimum atomic E-state index is -1.55. The van der Waals surface area contributed by atoms with Gasteiger partial charge in [-0.15, -0.1) is 0 Å². The van der Waals surface area contributed by atoms with E-state index in [0.717, 1.165) is 36.8 Å². The van der Waals surface area contributed by atoms with E-state index >= 15 is 0 Å². The standard InChI is InChI=1S/C41H60O10/c1-11-25-46-40(47-26-12-2,50-37(42)31(5)6)23-29-44-35-19-15-33(16-20-35)39(9,10)34-17-21-36(22-18-34)45-30-24-41(48-27-13-3,49-28-14-4)51-38(43)32(7)8/h15-22H,5,7,11-14,23-30H2,1-4,6,8-10H3. The molecule has 0 saturated carbocycles. The van der Waals surface area contributed by atoms with E-state index in [4.69, 9.17) is 37.9 Å². The largest absolute Gasteiger partial charge is 0.493 e. The van der Waals surface area contributed by atoms with E-state index in [2.05, 4.69) is 27.0 Å². The molecule has 0 fully saturated rings. The summed E-state index contributed by atoms with van der Waals surface area (Å²) in [6, 6.07) is 15.8. The summed E-state index contributed by atoms with van der Waals surface area (Å²) in [5.41, 5.74) is 2.39. The average molecular weight is 713 g/mol. The third-order valence-corrected chi connectivity index (χ3v) is 7.80. The number of ether oxygens (including phenoxy) is 8. The van der Waals surface area contributed by atoms with Gasteiger partial charge in [0.05, 0.1) is 52.5 Å². The average Bonchev–Trinajstić information content (AvgIpc) is 3.11. The second-order valence-corrected chi connectivity index (χ2v) is 13.0. The van der Waals surface area contributed by atoms with Crippen LogP contribution in [0.2, 0.25) is 0 Å². The molecule has 0 aliphatic carbocycles. The lowest BCUT2D eigenvalue weighted by Crippen LogP contribution is -2.43. The van der Waals surface area contributed by atoms with Crippen molar-refractivity contribution in [2.75, 3.05) is 39.6 Å². The van der Waals surface area contributed by atoms with Crippen LogP contribution in [-0.4, -0.2) is 63.5 Å². The molecular formula is C41H60O10. The molecule has 0 radical (unpaired) electrons. The van der Waals surface area contributed by atoms with Crippen molar-refractivity contribution in [3.05, 3.63) is 84.0 Å². The number of esters is 2. The van der Waals surface area contributed by atoms with Gasteiger partial charge in [-0.2, -0.15) is 0 Å². The lowest BCUT2D eigenvalue weighted by atomic mass is 9.78. The van der Waals surface area contributed by atoms with E-state index in [-0.39, 0.29) is 42.6 Å². The molecule has 10 nitrogen and oxygen atoms in total. The van der Waals surface area contributed by atoms with Gasteiger partial charge < -0.3 is 37.9 Å². The summed E-state index contributed by atoms with van der Waals surface area (Å²) in [6.07, 6.45) is 3.29. The van der Waals surface area contributed by atoms with Crippen molar-refractivity contribution in [2.24, 2.45) is 0 Å². The maximum Gasteiger partial charge on any atom is 0.337 e. The van der Waals surface area contributed by atoms with Gasteiger partial charge in [-0.25, -0.2) is 9.59 Å². The lowest BCUT2D eigenvalue weighted by Gasteiger charge is -2.32. The molecule has 0 atom stereocenters. The number of hydrogen-bond donors (Lipinski definition) is 0. The first-order chi connectivity index (χ1) is 24.3. The zero-order valence-electron chi connectivity index (χ0n) is 32.1. The van der Waals surface area contributed by atoms with Crippen LogP contribution in [-0.2, 0) is 43.4 Å². The highest BCUT2D eigenvalue weighted by Gasteiger charge is 2.38. The molecule has 0 aliphatic heterocycles. The Morgan fingerprint density at radius 3 is 1.08 bits per heavy atom. The summed E-state index contributed by atoms with van der Waals surface area (Å²) in [5, 5.41) is 0. The maximum absolute atomic E-state index is 12.4. The zero-order chi connectivity index (χ0) is 37.9. The van der Waals surface area contributed by atoms with Gasteiger partial charge in [-0.1, -0.05) is 79.0 Å². The Labute approximate surface area is 305 Å². The molecule has 0 amide bonds. The Morgan fingerprint density at radius 2 is 0.824 bits per heavy atom. The summed E-state index contributed by atoms with van der Waals surface area (Å²) >= 11 is 0. The monoisotopic (exact) mass is 712 g/mol. The minimum absolute atomic E-state index is 0.186. The molecule has 10 heteroatoms. The van der Waals surface area contributed by atoms with E-state index in [9.17, 15) is 9.59 Å². The first-order valence-electron chi connectivity index (χ1n) is 18.1. The third kappa shape index (κ3) is 14.1. The van der Waals surface area contributed by atoms with Crippen molar-refractivity contribution in [2.45, 2.75) is 111 Å². The Balaban J connectivity index is 2.09. The smallest absolute Gasteiger partial charge is 0.337 e. The van der Waals surface area contributed by atoms with Gasteiger partial charge in [-0.3, -0.25) is 0 Å². The van der Waals surface area contributed by atoms with E-state index in [1.165, 1.54) is 0 Å². The molecule has 0 saturated heterocycles. The number of carbonyl (C=O) groups is 2. The van der Waals surface area contributed by atoms with Crippen molar-refractivity contribution >= 4 is 11.9 Å². The molecule has 2 aromatic carbocycles. The predicted molar refractivity (Wildman–Crippen MR) is 197 cm³/mol. The van der Waals surface area contributed by atoms with Crippen LogP contribution in [0, 0.1) is 0 Å². The molecule has 51 heavy (non-hydrogen) atoms. The van der Waals surface area contributed by atoms with Gasteiger partial charge in [0.2, 0.25) is 0 Å². The number of carbonyl (C=O) groups excluding carboxylic acids is 2.